The summed E-state index contributed by atoms with van der Waals surface area (Å²) in [5, 5.41) is 24.5. The molecule has 0 aliphatic rings. The summed E-state index contributed by atoms with van der Waals surface area (Å²) in [6.45, 7) is 2.43. The molecule has 11 heteroatoms. The number of aliphatic carboxylic acids is 1. The molecule has 3 N–H and O–H groups in total. The number of rotatable bonds is 7. The largest absolute Gasteiger partial charge is 0.480 e. The van der Waals surface area contributed by atoms with Gasteiger partial charge >= 0.3 is 12.1 Å². The standard InChI is InChI=1S/C14H16F3N3O5/c1-13(2,12(22)23)19-11(21)5-6-18-9-4-3-8(14(15,16)17)7-10(9)20(24)25/h3-4,7,18H,5-6H2,1-2H3,(H,19,21)(H,22,23). The predicted molar refractivity (Wildman–Crippen MR) is 81.1 cm³/mol. The maximum Gasteiger partial charge on any atom is 0.416 e. The number of carboxylic acids is 1. The van der Waals surface area contributed by atoms with Gasteiger partial charge in [-0.05, 0) is 26.0 Å². The lowest BCUT2D eigenvalue weighted by Gasteiger charge is -2.21. The van der Waals surface area contributed by atoms with Crippen LogP contribution in [0.2, 0.25) is 0 Å². The number of carboxylic acid groups (broad SMARTS) is 1. The van der Waals surface area contributed by atoms with E-state index < -0.39 is 39.8 Å². The minimum atomic E-state index is -4.72. The average molecular weight is 363 g/mol. The lowest BCUT2D eigenvalue weighted by Crippen LogP contribution is -2.49. The zero-order valence-electron chi connectivity index (χ0n) is 13.3. The number of benzene rings is 1. The monoisotopic (exact) mass is 363 g/mol. The van der Waals surface area contributed by atoms with E-state index in [0.717, 1.165) is 6.07 Å². The second kappa shape index (κ2) is 7.36. The highest BCUT2D eigenvalue weighted by molar-refractivity contribution is 5.86. The molecule has 0 unspecified atom stereocenters. The van der Waals surface area contributed by atoms with Crippen molar-refractivity contribution in [3.63, 3.8) is 0 Å². The molecule has 0 aromatic heterocycles. The number of nitrogens with one attached hydrogen (secondary N) is 2. The number of alkyl halides is 3. The second-order valence-electron chi connectivity index (χ2n) is 5.64. The highest BCUT2D eigenvalue weighted by atomic mass is 19.4. The maximum atomic E-state index is 12.6. The summed E-state index contributed by atoms with van der Waals surface area (Å²) in [7, 11) is 0. The van der Waals surface area contributed by atoms with Crippen molar-refractivity contribution >= 4 is 23.3 Å². The molecule has 0 aliphatic heterocycles. The molecule has 1 aromatic carbocycles. The average Bonchev–Trinajstić information content (AvgIpc) is 2.45. The van der Waals surface area contributed by atoms with Gasteiger partial charge in [0.1, 0.15) is 11.2 Å². The summed E-state index contributed by atoms with van der Waals surface area (Å²) >= 11 is 0. The molecule has 138 valence electrons. The van der Waals surface area contributed by atoms with Gasteiger partial charge in [0.15, 0.2) is 0 Å². The molecule has 0 saturated carbocycles. The van der Waals surface area contributed by atoms with Crippen LogP contribution in [0.4, 0.5) is 24.5 Å². The van der Waals surface area contributed by atoms with Crippen LogP contribution in [0, 0.1) is 10.1 Å². The predicted octanol–water partition coefficient (Wildman–Crippen LogP) is 2.39. The van der Waals surface area contributed by atoms with E-state index in [0.29, 0.717) is 12.1 Å². The molecule has 1 aromatic rings. The SMILES string of the molecule is CC(C)(NC(=O)CCNc1ccc(C(F)(F)F)cc1[N+](=O)[O-])C(=O)O. The van der Waals surface area contributed by atoms with Crippen molar-refractivity contribution in [2.24, 2.45) is 0 Å². The van der Waals surface area contributed by atoms with Crippen molar-refractivity contribution in [2.45, 2.75) is 32.0 Å². The molecule has 1 amide bonds. The molecule has 1 rings (SSSR count). The van der Waals surface area contributed by atoms with Crippen LogP contribution < -0.4 is 10.6 Å². The number of halogens is 3. The molecule has 0 saturated heterocycles. The lowest BCUT2D eigenvalue weighted by atomic mass is 10.1. The summed E-state index contributed by atoms with van der Waals surface area (Å²) in [4.78, 5) is 32.5. The first-order chi connectivity index (χ1) is 11.3. The van der Waals surface area contributed by atoms with Gasteiger partial charge < -0.3 is 15.7 Å². The van der Waals surface area contributed by atoms with Crippen LogP contribution in [0.5, 0.6) is 0 Å². The van der Waals surface area contributed by atoms with E-state index in [9.17, 15) is 32.9 Å². The highest BCUT2D eigenvalue weighted by Gasteiger charge is 2.33. The number of carbonyl (C=O) groups is 2. The van der Waals surface area contributed by atoms with Crippen LogP contribution >= 0.6 is 0 Å². The number of carbonyl (C=O) groups excluding carboxylic acids is 1. The van der Waals surface area contributed by atoms with Crippen LogP contribution in [0.1, 0.15) is 25.8 Å². The van der Waals surface area contributed by atoms with E-state index in [1.54, 1.807) is 0 Å². The van der Waals surface area contributed by atoms with Crippen molar-refractivity contribution in [1.29, 1.82) is 0 Å². The Hall–Kier alpha value is -2.85. The number of nitro groups is 1. The Balaban J connectivity index is 2.76. The minimum Gasteiger partial charge on any atom is -0.480 e. The van der Waals surface area contributed by atoms with Crippen molar-refractivity contribution in [2.75, 3.05) is 11.9 Å². The molecular formula is C14H16F3N3O5. The first-order valence-electron chi connectivity index (χ1n) is 6.98. The quantitative estimate of drug-likeness (QED) is 0.505. The Morgan fingerprint density at radius 1 is 1.28 bits per heavy atom. The third-order valence-electron chi connectivity index (χ3n) is 3.18. The number of anilines is 1. The van der Waals surface area contributed by atoms with Gasteiger partial charge in [-0.15, -0.1) is 0 Å². The van der Waals surface area contributed by atoms with Gasteiger partial charge in [-0.25, -0.2) is 4.79 Å². The zero-order valence-corrected chi connectivity index (χ0v) is 13.3. The first kappa shape index (κ1) is 20.2. The van der Waals surface area contributed by atoms with Crippen LogP contribution in [0.25, 0.3) is 0 Å². The lowest BCUT2D eigenvalue weighted by molar-refractivity contribution is -0.384. The molecule has 8 nitrogen and oxygen atoms in total. The Kier molecular flexibility index (Phi) is 5.95. The number of hydrogen-bond donors (Lipinski definition) is 3. The minimum absolute atomic E-state index is 0.131. The van der Waals surface area contributed by atoms with Crippen molar-refractivity contribution in [3.05, 3.63) is 33.9 Å². The molecule has 25 heavy (non-hydrogen) atoms. The van der Waals surface area contributed by atoms with Gasteiger partial charge in [0.2, 0.25) is 5.91 Å². The van der Waals surface area contributed by atoms with Crippen molar-refractivity contribution in [1.82, 2.24) is 5.32 Å². The Bertz CT molecular complexity index is 689. The highest BCUT2D eigenvalue weighted by Crippen LogP contribution is 2.34. The van der Waals surface area contributed by atoms with Crippen LogP contribution in [-0.2, 0) is 15.8 Å². The molecule has 0 fully saturated rings. The van der Waals surface area contributed by atoms with Gasteiger partial charge in [-0.3, -0.25) is 14.9 Å². The Morgan fingerprint density at radius 3 is 2.36 bits per heavy atom. The summed E-state index contributed by atoms with van der Waals surface area (Å²) < 4.78 is 37.8. The molecule has 0 heterocycles. The number of amides is 1. The fourth-order valence-electron chi connectivity index (χ4n) is 1.78. The molecule has 0 bridgehead atoms. The van der Waals surface area contributed by atoms with Crippen molar-refractivity contribution < 1.29 is 32.8 Å². The fraction of sp³-hybridized carbons (Fsp3) is 0.429. The molecule has 0 aliphatic carbocycles. The normalized spacial score (nSPS) is 11.7. The number of hydrogen-bond acceptors (Lipinski definition) is 5. The van der Waals surface area contributed by atoms with Gasteiger partial charge in [0.05, 0.1) is 10.5 Å². The van der Waals surface area contributed by atoms with Crippen LogP contribution in [-0.4, -0.2) is 34.0 Å². The second-order valence-corrected chi connectivity index (χ2v) is 5.64. The molecular weight excluding hydrogens is 347 g/mol. The summed E-state index contributed by atoms with van der Waals surface area (Å²) in [5.74, 6) is -1.87. The topological polar surface area (TPSA) is 122 Å². The number of nitro benzene ring substituents is 1. The van der Waals surface area contributed by atoms with Gasteiger partial charge in [-0.2, -0.15) is 13.2 Å². The number of nitrogens with zero attached hydrogens (tertiary/aromatic N) is 1. The third-order valence-corrected chi connectivity index (χ3v) is 3.18. The van der Waals surface area contributed by atoms with Gasteiger partial charge in [-0.1, -0.05) is 0 Å². The molecule has 0 spiro atoms. The van der Waals surface area contributed by atoms with E-state index in [2.05, 4.69) is 10.6 Å². The van der Waals surface area contributed by atoms with Crippen LogP contribution in [0.3, 0.4) is 0 Å². The summed E-state index contributed by atoms with van der Waals surface area (Å²) in [6, 6.07) is 1.99. The maximum absolute atomic E-state index is 12.6. The van der Waals surface area contributed by atoms with Crippen LogP contribution in [0.15, 0.2) is 18.2 Å². The van der Waals surface area contributed by atoms with Crippen molar-refractivity contribution in [3.8, 4) is 0 Å². The van der Waals surface area contributed by atoms with Gasteiger partial charge in [0.25, 0.3) is 5.69 Å². The zero-order chi connectivity index (χ0) is 19.4. The summed E-state index contributed by atoms with van der Waals surface area (Å²) in [6.07, 6.45) is -4.94. The van der Waals surface area contributed by atoms with E-state index >= 15 is 0 Å². The molecule has 0 radical (unpaired) electrons. The summed E-state index contributed by atoms with van der Waals surface area (Å²) in [5.41, 5.74) is -3.60. The van der Waals surface area contributed by atoms with E-state index in [4.69, 9.17) is 5.11 Å². The van der Waals surface area contributed by atoms with E-state index in [-0.39, 0.29) is 18.7 Å². The molecule has 0 atom stereocenters. The van der Waals surface area contributed by atoms with Gasteiger partial charge in [0, 0.05) is 19.0 Å². The van der Waals surface area contributed by atoms with E-state index in [1.165, 1.54) is 13.8 Å². The third kappa shape index (κ3) is 5.62. The smallest absolute Gasteiger partial charge is 0.416 e. The Labute approximate surface area is 140 Å². The van der Waals surface area contributed by atoms with E-state index in [1.807, 2.05) is 0 Å². The fourth-order valence-corrected chi connectivity index (χ4v) is 1.78. The first-order valence-corrected chi connectivity index (χ1v) is 6.98. The Morgan fingerprint density at radius 2 is 1.88 bits per heavy atom.